The molecule has 6 nitrogen and oxygen atoms in total. The highest BCUT2D eigenvalue weighted by molar-refractivity contribution is 7.13. The minimum atomic E-state index is -0.511. The molecule has 3 heterocycles. The van der Waals surface area contributed by atoms with Crippen molar-refractivity contribution in [1.82, 2.24) is 19.1 Å². The van der Waals surface area contributed by atoms with Gasteiger partial charge in [0.05, 0.1) is 11.4 Å². The highest BCUT2D eigenvalue weighted by atomic mass is 32.1. The quantitative estimate of drug-likeness (QED) is 0.557. The maximum Gasteiger partial charge on any atom is 0.332 e. The minimum Gasteiger partial charge on any atom is -0.280 e. The van der Waals surface area contributed by atoms with Gasteiger partial charge in [-0.3, -0.25) is 13.9 Å². The molecule has 0 N–H and O–H groups in total. The normalized spacial score (nSPS) is 11.2. The molecule has 0 atom stereocenters. The van der Waals surface area contributed by atoms with E-state index in [4.69, 9.17) is 0 Å². The molecule has 0 aliphatic heterocycles. The number of rotatable bonds is 3. The molecule has 0 aliphatic carbocycles. The third-order valence-corrected chi connectivity index (χ3v) is 4.92. The summed E-state index contributed by atoms with van der Waals surface area (Å²) in [5.74, 6) is 0.0434. The van der Waals surface area contributed by atoms with Gasteiger partial charge in [0.15, 0.2) is 11.5 Å². The zero-order valence-electron chi connectivity index (χ0n) is 13.7. The monoisotopic (exact) mass is 368 g/mol. The summed E-state index contributed by atoms with van der Waals surface area (Å²) in [4.78, 5) is 34.9. The van der Waals surface area contributed by atoms with Crippen molar-refractivity contribution in [3.63, 3.8) is 0 Å². The van der Waals surface area contributed by atoms with E-state index in [-0.39, 0.29) is 17.6 Å². The predicted molar refractivity (Wildman–Crippen MR) is 97.9 cm³/mol. The van der Waals surface area contributed by atoms with Gasteiger partial charge < -0.3 is 0 Å². The molecule has 0 radical (unpaired) electrons. The van der Waals surface area contributed by atoms with E-state index >= 15 is 0 Å². The molecule has 0 fully saturated rings. The SMILES string of the molecule is Cn1c(=O)n(Cc2cccc(F)c2)c(=O)c2cnc(-c3cccs3)nc21. The van der Waals surface area contributed by atoms with E-state index in [2.05, 4.69) is 9.97 Å². The smallest absolute Gasteiger partial charge is 0.280 e. The van der Waals surface area contributed by atoms with Crippen LogP contribution in [0.25, 0.3) is 21.7 Å². The van der Waals surface area contributed by atoms with Crippen LogP contribution in [0.4, 0.5) is 4.39 Å². The first-order chi connectivity index (χ1) is 12.5. The number of aryl methyl sites for hydroxylation is 1. The van der Waals surface area contributed by atoms with Crippen LogP contribution in [0.1, 0.15) is 5.56 Å². The molecule has 4 aromatic rings. The van der Waals surface area contributed by atoms with E-state index in [0.717, 1.165) is 9.44 Å². The summed E-state index contributed by atoms with van der Waals surface area (Å²) in [5.41, 5.74) is -0.207. The number of hydrogen-bond donors (Lipinski definition) is 0. The summed E-state index contributed by atoms with van der Waals surface area (Å²) in [7, 11) is 1.55. The van der Waals surface area contributed by atoms with Crippen LogP contribution in [0.2, 0.25) is 0 Å². The molecular formula is C18H13FN4O2S. The van der Waals surface area contributed by atoms with Gasteiger partial charge in [0, 0.05) is 13.2 Å². The molecule has 4 rings (SSSR count). The van der Waals surface area contributed by atoms with E-state index < -0.39 is 17.1 Å². The molecule has 0 amide bonds. The van der Waals surface area contributed by atoms with Crippen molar-refractivity contribution >= 4 is 22.4 Å². The van der Waals surface area contributed by atoms with Crippen molar-refractivity contribution in [3.05, 3.63) is 80.2 Å². The molecule has 0 bridgehead atoms. The molecular weight excluding hydrogens is 355 g/mol. The van der Waals surface area contributed by atoms with Gasteiger partial charge in [-0.2, -0.15) is 0 Å². The lowest BCUT2D eigenvalue weighted by Gasteiger charge is -2.10. The number of thiophene rings is 1. The lowest BCUT2D eigenvalue weighted by Crippen LogP contribution is -2.39. The number of benzene rings is 1. The second kappa shape index (κ2) is 6.30. The predicted octanol–water partition coefficient (Wildman–Crippen LogP) is 2.41. The van der Waals surface area contributed by atoms with Crippen molar-refractivity contribution in [1.29, 1.82) is 0 Å². The van der Waals surface area contributed by atoms with E-state index in [1.807, 2.05) is 17.5 Å². The van der Waals surface area contributed by atoms with Crippen LogP contribution in [-0.2, 0) is 13.6 Å². The zero-order chi connectivity index (χ0) is 18.3. The maximum atomic E-state index is 13.4. The first-order valence-electron chi connectivity index (χ1n) is 7.79. The summed E-state index contributed by atoms with van der Waals surface area (Å²) in [6.45, 7) is -0.0219. The number of fused-ring (bicyclic) bond motifs is 1. The Balaban J connectivity index is 1.90. The van der Waals surface area contributed by atoms with E-state index in [1.165, 1.54) is 40.3 Å². The molecule has 1 aromatic carbocycles. The van der Waals surface area contributed by atoms with Crippen LogP contribution in [0, 0.1) is 5.82 Å². The van der Waals surface area contributed by atoms with Crippen LogP contribution in [-0.4, -0.2) is 19.1 Å². The molecule has 3 aromatic heterocycles. The number of nitrogens with zero attached hydrogens (tertiary/aromatic N) is 4. The third kappa shape index (κ3) is 2.74. The van der Waals surface area contributed by atoms with Gasteiger partial charge in [-0.15, -0.1) is 11.3 Å². The van der Waals surface area contributed by atoms with Gasteiger partial charge in [-0.1, -0.05) is 18.2 Å². The average Bonchev–Trinajstić information content (AvgIpc) is 3.18. The summed E-state index contributed by atoms with van der Waals surface area (Å²) < 4.78 is 15.8. The Bertz CT molecular complexity index is 1230. The maximum absolute atomic E-state index is 13.4. The van der Waals surface area contributed by atoms with E-state index in [1.54, 1.807) is 13.1 Å². The fourth-order valence-corrected chi connectivity index (χ4v) is 3.43. The fraction of sp³-hybridized carbons (Fsp3) is 0.111. The minimum absolute atomic E-state index is 0.0219. The largest absolute Gasteiger partial charge is 0.332 e. The van der Waals surface area contributed by atoms with Crippen LogP contribution in [0.3, 0.4) is 0 Å². The van der Waals surface area contributed by atoms with Gasteiger partial charge in [0.25, 0.3) is 5.56 Å². The number of halogens is 1. The summed E-state index contributed by atoms with van der Waals surface area (Å²) >= 11 is 1.47. The van der Waals surface area contributed by atoms with Crippen LogP contribution in [0.15, 0.2) is 57.6 Å². The lowest BCUT2D eigenvalue weighted by atomic mass is 10.2. The Kier molecular flexibility index (Phi) is 3.96. The van der Waals surface area contributed by atoms with Gasteiger partial charge >= 0.3 is 5.69 Å². The molecule has 0 saturated heterocycles. The molecule has 8 heteroatoms. The van der Waals surface area contributed by atoms with Crippen LogP contribution in [0.5, 0.6) is 0 Å². The molecule has 26 heavy (non-hydrogen) atoms. The van der Waals surface area contributed by atoms with Crippen molar-refractivity contribution in [3.8, 4) is 10.7 Å². The van der Waals surface area contributed by atoms with Crippen molar-refractivity contribution in [2.45, 2.75) is 6.54 Å². The van der Waals surface area contributed by atoms with Gasteiger partial charge in [0.1, 0.15) is 11.2 Å². The molecule has 130 valence electrons. The van der Waals surface area contributed by atoms with Crippen molar-refractivity contribution in [2.24, 2.45) is 7.05 Å². The molecule has 0 spiro atoms. The fourth-order valence-electron chi connectivity index (χ4n) is 2.77. The zero-order valence-corrected chi connectivity index (χ0v) is 14.5. The number of aromatic nitrogens is 4. The Morgan fingerprint density at radius 2 is 2.04 bits per heavy atom. The highest BCUT2D eigenvalue weighted by Gasteiger charge is 2.15. The van der Waals surface area contributed by atoms with Crippen molar-refractivity contribution in [2.75, 3.05) is 0 Å². The second-order valence-corrected chi connectivity index (χ2v) is 6.72. The van der Waals surface area contributed by atoms with Gasteiger partial charge in [-0.05, 0) is 29.1 Å². The summed E-state index contributed by atoms with van der Waals surface area (Å²) in [5, 5.41) is 2.14. The topological polar surface area (TPSA) is 69.8 Å². The first kappa shape index (κ1) is 16.3. The van der Waals surface area contributed by atoms with E-state index in [9.17, 15) is 14.0 Å². The first-order valence-corrected chi connectivity index (χ1v) is 8.67. The van der Waals surface area contributed by atoms with E-state index in [0.29, 0.717) is 11.4 Å². The Morgan fingerprint density at radius 3 is 2.77 bits per heavy atom. The van der Waals surface area contributed by atoms with Crippen LogP contribution < -0.4 is 11.2 Å². The Morgan fingerprint density at radius 1 is 1.19 bits per heavy atom. The average molecular weight is 368 g/mol. The van der Waals surface area contributed by atoms with Crippen LogP contribution >= 0.6 is 11.3 Å². The lowest BCUT2D eigenvalue weighted by molar-refractivity contribution is 0.617. The summed E-state index contributed by atoms with van der Waals surface area (Å²) in [6, 6.07) is 9.56. The third-order valence-electron chi connectivity index (χ3n) is 4.05. The number of hydrogen-bond acceptors (Lipinski definition) is 5. The Labute approximate surface area is 150 Å². The standard InChI is InChI=1S/C18H13FN4O2S/c1-22-16-13(9-20-15(21-16)14-6-3-7-26-14)17(24)23(18(22)25)10-11-4-2-5-12(19)8-11/h2-9H,10H2,1H3. The molecule has 0 saturated carbocycles. The summed E-state index contributed by atoms with van der Waals surface area (Å²) in [6.07, 6.45) is 1.43. The van der Waals surface area contributed by atoms with Gasteiger partial charge in [0.2, 0.25) is 0 Å². The highest BCUT2D eigenvalue weighted by Crippen LogP contribution is 2.21. The molecule has 0 unspecified atom stereocenters. The Hall–Kier alpha value is -3.13. The van der Waals surface area contributed by atoms with Crippen molar-refractivity contribution < 1.29 is 4.39 Å². The second-order valence-electron chi connectivity index (χ2n) is 5.77. The van der Waals surface area contributed by atoms with Gasteiger partial charge in [-0.25, -0.2) is 19.2 Å². The molecule has 0 aliphatic rings.